The monoisotopic (exact) mass is 210 g/mol. The minimum absolute atomic E-state index is 0.108. The lowest BCUT2D eigenvalue weighted by atomic mass is 10.1. The summed E-state index contributed by atoms with van der Waals surface area (Å²) in [5, 5.41) is 17.8. The van der Waals surface area contributed by atoms with Crippen LogP contribution >= 0.6 is 0 Å². The van der Waals surface area contributed by atoms with Gasteiger partial charge < -0.3 is 10.2 Å². The number of aliphatic hydroxyl groups excluding tert-OH is 1. The zero-order valence-corrected chi connectivity index (χ0v) is 8.80. The quantitative estimate of drug-likeness (QED) is 0.477. The van der Waals surface area contributed by atoms with Crippen LogP contribution in [0.15, 0.2) is 37.0 Å². The van der Waals surface area contributed by atoms with E-state index in [4.69, 9.17) is 5.11 Å². The lowest BCUT2D eigenvalue weighted by molar-refractivity contribution is -0.137. The van der Waals surface area contributed by atoms with Crippen LogP contribution in [0.25, 0.3) is 0 Å². The maximum atomic E-state index is 10.2. The average Bonchev–Trinajstić information content (AvgIpc) is 2.17. The molecule has 0 aliphatic rings. The highest BCUT2D eigenvalue weighted by molar-refractivity contribution is 5.66. The SMILES string of the molecule is C=CC/C=C\C=C\[C@@H](O)CCCC(=O)O. The van der Waals surface area contributed by atoms with Crippen LogP contribution in [0.1, 0.15) is 25.7 Å². The normalized spacial score (nSPS) is 13.4. The summed E-state index contributed by atoms with van der Waals surface area (Å²) in [6, 6.07) is 0. The number of carboxylic acids is 1. The third-order valence-electron chi connectivity index (χ3n) is 1.77. The van der Waals surface area contributed by atoms with Gasteiger partial charge in [-0.15, -0.1) is 6.58 Å². The third-order valence-corrected chi connectivity index (χ3v) is 1.77. The van der Waals surface area contributed by atoms with Gasteiger partial charge in [0.1, 0.15) is 0 Å². The molecule has 0 heterocycles. The van der Waals surface area contributed by atoms with E-state index >= 15 is 0 Å². The summed E-state index contributed by atoms with van der Waals surface area (Å²) < 4.78 is 0. The summed E-state index contributed by atoms with van der Waals surface area (Å²) in [7, 11) is 0. The Bertz CT molecular complexity index is 241. The molecule has 0 aromatic rings. The molecule has 0 radical (unpaired) electrons. The highest BCUT2D eigenvalue weighted by Crippen LogP contribution is 2.02. The van der Waals surface area contributed by atoms with E-state index in [0.29, 0.717) is 12.8 Å². The Balaban J connectivity index is 3.58. The predicted molar refractivity (Wildman–Crippen MR) is 60.6 cm³/mol. The van der Waals surface area contributed by atoms with E-state index in [2.05, 4.69) is 6.58 Å². The van der Waals surface area contributed by atoms with Crippen LogP contribution in [0, 0.1) is 0 Å². The standard InChI is InChI=1S/C12H18O3/c1-2-3-4-5-6-8-11(13)9-7-10-12(14)15/h2,4-6,8,11,13H,1,3,7,9-10H2,(H,14,15)/b5-4-,8-6+/t11-/m1/s1. The first-order valence-electron chi connectivity index (χ1n) is 5.01. The topological polar surface area (TPSA) is 57.5 Å². The van der Waals surface area contributed by atoms with Gasteiger partial charge in [0, 0.05) is 6.42 Å². The molecule has 1 atom stereocenters. The van der Waals surface area contributed by atoms with Gasteiger partial charge in [0.05, 0.1) is 6.10 Å². The van der Waals surface area contributed by atoms with Crippen molar-refractivity contribution in [3.8, 4) is 0 Å². The van der Waals surface area contributed by atoms with Crippen LogP contribution in [-0.4, -0.2) is 22.3 Å². The van der Waals surface area contributed by atoms with E-state index in [0.717, 1.165) is 6.42 Å². The Morgan fingerprint density at radius 1 is 1.40 bits per heavy atom. The number of hydrogen-bond donors (Lipinski definition) is 2. The molecule has 0 saturated heterocycles. The van der Waals surface area contributed by atoms with Crippen LogP contribution in [0.5, 0.6) is 0 Å². The lowest BCUT2D eigenvalue weighted by Crippen LogP contribution is -2.03. The number of carbonyl (C=O) groups is 1. The number of aliphatic carboxylic acids is 1. The first kappa shape index (κ1) is 13.7. The van der Waals surface area contributed by atoms with Crippen LogP contribution < -0.4 is 0 Å². The van der Waals surface area contributed by atoms with Gasteiger partial charge in [-0.25, -0.2) is 0 Å². The molecule has 3 heteroatoms. The van der Waals surface area contributed by atoms with Crippen molar-refractivity contribution < 1.29 is 15.0 Å². The first-order valence-corrected chi connectivity index (χ1v) is 5.01. The second kappa shape index (κ2) is 9.21. The van der Waals surface area contributed by atoms with Gasteiger partial charge in [0.2, 0.25) is 0 Å². The molecule has 0 aromatic carbocycles. The van der Waals surface area contributed by atoms with E-state index < -0.39 is 12.1 Å². The van der Waals surface area contributed by atoms with Gasteiger partial charge in [0.25, 0.3) is 0 Å². The summed E-state index contributed by atoms with van der Waals surface area (Å²) in [5.41, 5.74) is 0. The van der Waals surface area contributed by atoms with E-state index in [9.17, 15) is 9.90 Å². The van der Waals surface area contributed by atoms with Crippen molar-refractivity contribution in [1.29, 1.82) is 0 Å². The predicted octanol–water partition coefficient (Wildman–Crippen LogP) is 2.29. The molecule has 0 bridgehead atoms. The van der Waals surface area contributed by atoms with Crippen LogP contribution in [0.2, 0.25) is 0 Å². The molecule has 0 spiro atoms. The van der Waals surface area contributed by atoms with E-state index in [1.54, 1.807) is 18.2 Å². The summed E-state index contributed by atoms with van der Waals surface area (Å²) in [5.74, 6) is -0.822. The second-order valence-electron chi connectivity index (χ2n) is 3.19. The number of rotatable bonds is 8. The number of hydrogen-bond acceptors (Lipinski definition) is 2. The molecule has 0 fully saturated rings. The van der Waals surface area contributed by atoms with Gasteiger partial charge in [-0.05, 0) is 19.3 Å². The summed E-state index contributed by atoms with van der Waals surface area (Å²) in [6.45, 7) is 3.57. The van der Waals surface area contributed by atoms with Gasteiger partial charge in [-0.1, -0.05) is 30.4 Å². The Hall–Kier alpha value is -1.35. The van der Waals surface area contributed by atoms with Gasteiger partial charge in [-0.3, -0.25) is 4.79 Å². The Labute approximate surface area is 90.4 Å². The van der Waals surface area contributed by atoms with Crippen LogP contribution in [0.3, 0.4) is 0 Å². The maximum absolute atomic E-state index is 10.2. The molecule has 0 aromatic heterocycles. The number of carboxylic acid groups (broad SMARTS) is 1. The van der Waals surface area contributed by atoms with Crippen molar-refractivity contribution in [2.24, 2.45) is 0 Å². The van der Waals surface area contributed by atoms with Crippen molar-refractivity contribution in [3.63, 3.8) is 0 Å². The zero-order valence-electron chi connectivity index (χ0n) is 8.80. The van der Waals surface area contributed by atoms with Gasteiger partial charge in [0.15, 0.2) is 0 Å². The molecule has 0 aliphatic heterocycles. The summed E-state index contributed by atoms with van der Waals surface area (Å²) >= 11 is 0. The molecule has 0 unspecified atom stereocenters. The molecule has 0 saturated carbocycles. The maximum Gasteiger partial charge on any atom is 0.303 e. The molecular formula is C12H18O3. The van der Waals surface area contributed by atoms with E-state index in [1.807, 2.05) is 12.2 Å². The Kier molecular flexibility index (Phi) is 8.39. The highest BCUT2D eigenvalue weighted by Gasteiger charge is 2.01. The molecule has 2 N–H and O–H groups in total. The molecule has 84 valence electrons. The molecular weight excluding hydrogens is 192 g/mol. The number of allylic oxidation sites excluding steroid dienone is 4. The van der Waals surface area contributed by atoms with Crippen molar-refractivity contribution in [1.82, 2.24) is 0 Å². The minimum Gasteiger partial charge on any atom is -0.481 e. The second-order valence-corrected chi connectivity index (χ2v) is 3.19. The molecule has 0 aliphatic carbocycles. The zero-order chi connectivity index (χ0) is 11.5. The van der Waals surface area contributed by atoms with Crippen molar-refractivity contribution in [2.45, 2.75) is 31.8 Å². The summed E-state index contributed by atoms with van der Waals surface area (Å²) in [4.78, 5) is 10.2. The van der Waals surface area contributed by atoms with E-state index in [1.165, 1.54) is 0 Å². The largest absolute Gasteiger partial charge is 0.481 e. The molecule has 3 nitrogen and oxygen atoms in total. The fraction of sp³-hybridized carbons (Fsp3) is 0.417. The lowest BCUT2D eigenvalue weighted by Gasteiger charge is -2.02. The summed E-state index contributed by atoms with van der Waals surface area (Å²) in [6.07, 6.45) is 10.3. The van der Waals surface area contributed by atoms with Crippen LogP contribution in [-0.2, 0) is 4.79 Å². The fourth-order valence-electron chi connectivity index (χ4n) is 1.00. The smallest absolute Gasteiger partial charge is 0.303 e. The molecule has 15 heavy (non-hydrogen) atoms. The average molecular weight is 210 g/mol. The third kappa shape index (κ3) is 10.6. The number of aliphatic hydroxyl groups is 1. The highest BCUT2D eigenvalue weighted by atomic mass is 16.4. The van der Waals surface area contributed by atoms with Crippen LogP contribution in [0.4, 0.5) is 0 Å². The van der Waals surface area contributed by atoms with Crippen molar-refractivity contribution in [2.75, 3.05) is 0 Å². The van der Waals surface area contributed by atoms with Crippen molar-refractivity contribution >= 4 is 5.97 Å². The van der Waals surface area contributed by atoms with E-state index in [-0.39, 0.29) is 6.42 Å². The molecule has 0 rings (SSSR count). The van der Waals surface area contributed by atoms with Gasteiger partial charge in [-0.2, -0.15) is 0 Å². The first-order chi connectivity index (χ1) is 7.16. The van der Waals surface area contributed by atoms with Gasteiger partial charge >= 0.3 is 5.97 Å². The van der Waals surface area contributed by atoms with Crippen molar-refractivity contribution in [3.05, 3.63) is 37.0 Å². The molecule has 0 amide bonds. The Morgan fingerprint density at radius 2 is 2.13 bits per heavy atom. The minimum atomic E-state index is -0.822. The fourth-order valence-corrected chi connectivity index (χ4v) is 1.00. The Morgan fingerprint density at radius 3 is 2.73 bits per heavy atom.